The molecule has 3 nitrogen and oxygen atoms in total. The zero-order valence-corrected chi connectivity index (χ0v) is 11.0. The third-order valence-corrected chi connectivity index (χ3v) is 4.16. The molecule has 1 heterocycles. The number of aliphatic hydroxyl groups excluding tert-OH is 1. The molecule has 1 saturated carbocycles. The number of pyridine rings is 1. The van der Waals surface area contributed by atoms with Crippen LogP contribution in [-0.2, 0) is 0 Å². The van der Waals surface area contributed by atoms with Crippen molar-refractivity contribution in [3.8, 4) is 0 Å². The summed E-state index contributed by atoms with van der Waals surface area (Å²) in [5.41, 5.74) is 6.93. The molecular weight excluding hydrogens is 224 g/mol. The van der Waals surface area contributed by atoms with Crippen molar-refractivity contribution >= 4 is 0 Å². The summed E-state index contributed by atoms with van der Waals surface area (Å²) in [6.07, 6.45) is 10.6. The molecule has 0 bridgehead atoms. The van der Waals surface area contributed by atoms with Crippen LogP contribution in [0, 0.1) is 5.92 Å². The maximum atomic E-state index is 10.6. The van der Waals surface area contributed by atoms with E-state index in [0.717, 1.165) is 18.4 Å². The molecule has 2 atom stereocenters. The number of aliphatic hydroxyl groups is 1. The van der Waals surface area contributed by atoms with Crippen LogP contribution in [0.2, 0.25) is 0 Å². The van der Waals surface area contributed by atoms with E-state index in [2.05, 4.69) is 4.98 Å². The molecular formula is C15H24N2O. The summed E-state index contributed by atoms with van der Waals surface area (Å²) in [5, 5.41) is 10.6. The van der Waals surface area contributed by atoms with E-state index in [1.54, 1.807) is 6.20 Å². The van der Waals surface area contributed by atoms with E-state index in [1.165, 1.54) is 25.7 Å². The van der Waals surface area contributed by atoms with Gasteiger partial charge in [0.15, 0.2) is 0 Å². The highest BCUT2D eigenvalue weighted by atomic mass is 16.3. The molecule has 0 aliphatic heterocycles. The van der Waals surface area contributed by atoms with Crippen LogP contribution < -0.4 is 5.73 Å². The molecule has 0 radical (unpaired) electrons. The van der Waals surface area contributed by atoms with Gasteiger partial charge in [-0.1, -0.05) is 31.7 Å². The Morgan fingerprint density at radius 3 is 2.56 bits per heavy atom. The Balaban J connectivity index is 2.06. The monoisotopic (exact) mass is 248 g/mol. The van der Waals surface area contributed by atoms with Crippen LogP contribution in [0.5, 0.6) is 0 Å². The summed E-state index contributed by atoms with van der Waals surface area (Å²) in [6, 6.07) is 3.93. The van der Waals surface area contributed by atoms with E-state index >= 15 is 0 Å². The van der Waals surface area contributed by atoms with E-state index in [-0.39, 0.29) is 12.0 Å². The summed E-state index contributed by atoms with van der Waals surface area (Å²) < 4.78 is 0. The van der Waals surface area contributed by atoms with E-state index < -0.39 is 0 Å². The van der Waals surface area contributed by atoms with Gasteiger partial charge in [0.2, 0.25) is 0 Å². The fourth-order valence-electron chi connectivity index (χ4n) is 3.05. The Hall–Kier alpha value is -0.930. The lowest BCUT2D eigenvalue weighted by molar-refractivity contribution is 0.0741. The smallest absolute Gasteiger partial charge is 0.0649 e. The zero-order chi connectivity index (χ0) is 12.8. The molecule has 3 N–H and O–H groups in total. The topological polar surface area (TPSA) is 59.1 Å². The van der Waals surface area contributed by atoms with Crippen LogP contribution in [0.3, 0.4) is 0 Å². The predicted octanol–water partition coefficient (Wildman–Crippen LogP) is 2.46. The fourth-order valence-corrected chi connectivity index (χ4v) is 3.05. The highest BCUT2D eigenvalue weighted by molar-refractivity contribution is 5.17. The van der Waals surface area contributed by atoms with Crippen molar-refractivity contribution < 1.29 is 5.11 Å². The van der Waals surface area contributed by atoms with Crippen LogP contribution in [0.1, 0.15) is 50.0 Å². The molecule has 18 heavy (non-hydrogen) atoms. The Bertz CT molecular complexity index is 334. The SMILES string of the molecule is NCC(c1cccnc1)C(O)C1CCCCCC1. The van der Waals surface area contributed by atoms with Gasteiger partial charge in [-0.05, 0) is 30.4 Å². The average Bonchev–Trinajstić information content (AvgIpc) is 2.69. The van der Waals surface area contributed by atoms with Gasteiger partial charge < -0.3 is 10.8 Å². The predicted molar refractivity (Wildman–Crippen MR) is 73.2 cm³/mol. The standard InChI is InChI=1S/C15H24N2O/c16-10-14(13-8-5-9-17-11-13)15(18)12-6-3-1-2-4-7-12/h5,8-9,11-12,14-15,18H,1-4,6-7,10,16H2. The Kier molecular flexibility index (Phi) is 5.14. The van der Waals surface area contributed by atoms with Gasteiger partial charge in [0, 0.05) is 24.9 Å². The maximum absolute atomic E-state index is 10.6. The van der Waals surface area contributed by atoms with Gasteiger partial charge in [0.05, 0.1) is 6.10 Å². The number of rotatable bonds is 4. The molecule has 2 unspecified atom stereocenters. The number of hydrogen-bond donors (Lipinski definition) is 2. The van der Waals surface area contributed by atoms with Crippen molar-refractivity contribution in [2.24, 2.45) is 11.7 Å². The third kappa shape index (κ3) is 3.30. The van der Waals surface area contributed by atoms with Crippen molar-refractivity contribution in [2.75, 3.05) is 6.54 Å². The summed E-state index contributed by atoms with van der Waals surface area (Å²) >= 11 is 0. The highest BCUT2D eigenvalue weighted by Gasteiger charge is 2.28. The van der Waals surface area contributed by atoms with Gasteiger partial charge >= 0.3 is 0 Å². The maximum Gasteiger partial charge on any atom is 0.0649 e. The van der Waals surface area contributed by atoms with Gasteiger partial charge in [-0.3, -0.25) is 4.98 Å². The number of hydrogen-bond acceptors (Lipinski definition) is 3. The van der Waals surface area contributed by atoms with Gasteiger partial charge in [-0.2, -0.15) is 0 Å². The minimum absolute atomic E-state index is 0.0294. The first-order chi connectivity index (χ1) is 8.83. The number of nitrogens with two attached hydrogens (primary N) is 1. The van der Waals surface area contributed by atoms with Crippen LogP contribution >= 0.6 is 0 Å². The minimum Gasteiger partial charge on any atom is -0.392 e. The lowest BCUT2D eigenvalue weighted by Gasteiger charge is -2.28. The van der Waals surface area contributed by atoms with E-state index in [1.807, 2.05) is 18.3 Å². The third-order valence-electron chi connectivity index (χ3n) is 4.16. The van der Waals surface area contributed by atoms with E-state index in [0.29, 0.717) is 12.5 Å². The second kappa shape index (κ2) is 6.86. The summed E-state index contributed by atoms with van der Waals surface area (Å²) in [5.74, 6) is 0.433. The summed E-state index contributed by atoms with van der Waals surface area (Å²) in [4.78, 5) is 4.13. The molecule has 1 aromatic heterocycles. The molecule has 1 aromatic rings. The molecule has 1 aliphatic carbocycles. The lowest BCUT2D eigenvalue weighted by Crippen LogP contribution is -2.32. The minimum atomic E-state index is -0.322. The average molecular weight is 248 g/mol. The molecule has 1 fully saturated rings. The summed E-state index contributed by atoms with van der Waals surface area (Å²) in [6.45, 7) is 0.489. The van der Waals surface area contributed by atoms with Gasteiger partial charge in [0.25, 0.3) is 0 Å². The molecule has 0 spiro atoms. The number of aromatic nitrogens is 1. The van der Waals surface area contributed by atoms with E-state index in [4.69, 9.17) is 5.73 Å². The van der Waals surface area contributed by atoms with Gasteiger partial charge in [0.1, 0.15) is 0 Å². The first-order valence-corrected chi connectivity index (χ1v) is 7.11. The van der Waals surface area contributed by atoms with Crippen LogP contribution in [0.15, 0.2) is 24.5 Å². The first kappa shape index (κ1) is 13.5. The lowest BCUT2D eigenvalue weighted by atomic mass is 9.83. The van der Waals surface area contributed by atoms with E-state index in [9.17, 15) is 5.11 Å². The summed E-state index contributed by atoms with van der Waals surface area (Å²) in [7, 11) is 0. The Morgan fingerprint density at radius 1 is 1.28 bits per heavy atom. The first-order valence-electron chi connectivity index (χ1n) is 7.11. The van der Waals surface area contributed by atoms with Crippen LogP contribution in [0.4, 0.5) is 0 Å². The second-order valence-electron chi connectivity index (χ2n) is 5.37. The Labute approximate surface area is 109 Å². The highest BCUT2D eigenvalue weighted by Crippen LogP contribution is 2.32. The normalized spacial score (nSPS) is 21.2. The largest absolute Gasteiger partial charge is 0.392 e. The molecule has 0 saturated heterocycles. The molecule has 100 valence electrons. The fraction of sp³-hybridized carbons (Fsp3) is 0.667. The molecule has 2 rings (SSSR count). The van der Waals surface area contributed by atoms with Crippen LogP contribution in [-0.4, -0.2) is 22.7 Å². The molecule has 1 aliphatic rings. The Morgan fingerprint density at radius 2 is 2.00 bits per heavy atom. The van der Waals surface area contributed by atoms with Crippen molar-refractivity contribution in [2.45, 2.75) is 50.5 Å². The van der Waals surface area contributed by atoms with Crippen molar-refractivity contribution in [3.05, 3.63) is 30.1 Å². The zero-order valence-electron chi connectivity index (χ0n) is 11.0. The quantitative estimate of drug-likeness (QED) is 0.805. The van der Waals surface area contributed by atoms with Crippen molar-refractivity contribution in [1.82, 2.24) is 4.98 Å². The molecule has 0 amide bonds. The van der Waals surface area contributed by atoms with Crippen LogP contribution in [0.25, 0.3) is 0 Å². The number of nitrogens with zero attached hydrogens (tertiary/aromatic N) is 1. The second-order valence-corrected chi connectivity index (χ2v) is 5.37. The van der Waals surface area contributed by atoms with Gasteiger partial charge in [-0.15, -0.1) is 0 Å². The van der Waals surface area contributed by atoms with Gasteiger partial charge in [-0.25, -0.2) is 0 Å². The molecule has 3 heteroatoms. The molecule has 0 aromatic carbocycles. The van der Waals surface area contributed by atoms with Crippen molar-refractivity contribution in [3.63, 3.8) is 0 Å². The van der Waals surface area contributed by atoms with Crippen molar-refractivity contribution in [1.29, 1.82) is 0 Å².